The predicted molar refractivity (Wildman–Crippen MR) is 173 cm³/mol. The number of carbonyl (C=O) groups excluding carboxylic acids is 3. The minimum Gasteiger partial charge on any atom is -0.508 e. The fraction of sp³-hybridized carbons (Fsp3) is 0.278. The van der Waals surface area contributed by atoms with Crippen LogP contribution in [0.4, 0.5) is 10.5 Å². The summed E-state index contributed by atoms with van der Waals surface area (Å²) >= 11 is 0. The molecule has 0 fully saturated rings. The molecule has 3 N–H and O–H groups in total. The number of carbonyl (C=O) groups is 3. The number of phenolic OH excluding ortho intramolecular Hbond substituents is 1. The van der Waals surface area contributed by atoms with Gasteiger partial charge in [-0.1, -0.05) is 73.7 Å². The van der Waals surface area contributed by atoms with Crippen molar-refractivity contribution in [1.29, 1.82) is 5.26 Å². The van der Waals surface area contributed by atoms with Gasteiger partial charge in [-0.25, -0.2) is 4.79 Å². The molecule has 4 rings (SSSR count). The maximum atomic E-state index is 14.4. The number of ether oxygens (including phenoxy) is 1. The number of nitriles is 1. The average molecular weight is 607 g/mol. The lowest BCUT2D eigenvalue weighted by atomic mass is 9.99. The van der Waals surface area contributed by atoms with Crippen molar-refractivity contribution in [3.63, 3.8) is 0 Å². The highest BCUT2D eigenvalue weighted by Crippen LogP contribution is 2.27. The second-order valence-electron chi connectivity index (χ2n) is 11.7. The van der Waals surface area contributed by atoms with E-state index in [1.54, 1.807) is 51.1 Å². The minimum atomic E-state index is -1.20. The number of nitrogens with one attached hydrogen (secondary N) is 2. The molecule has 0 aliphatic carbocycles. The molecule has 0 spiro atoms. The largest absolute Gasteiger partial charge is 0.508 e. The maximum Gasteiger partial charge on any atom is 0.408 e. The van der Waals surface area contributed by atoms with Crippen LogP contribution in [-0.2, 0) is 27.2 Å². The monoisotopic (exact) mass is 606 g/mol. The molecular weight excluding hydrogens is 568 g/mol. The van der Waals surface area contributed by atoms with Crippen LogP contribution in [0.2, 0.25) is 0 Å². The van der Waals surface area contributed by atoms with Gasteiger partial charge in [-0.2, -0.15) is 5.26 Å². The number of fused-ring (bicyclic) bond motifs is 1. The van der Waals surface area contributed by atoms with E-state index in [9.17, 15) is 24.8 Å². The molecule has 0 heterocycles. The number of alkyl carbamates (subject to hydrolysis) is 1. The van der Waals surface area contributed by atoms with Gasteiger partial charge in [0.2, 0.25) is 5.91 Å². The smallest absolute Gasteiger partial charge is 0.408 e. The van der Waals surface area contributed by atoms with Gasteiger partial charge >= 0.3 is 6.09 Å². The van der Waals surface area contributed by atoms with Crippen molar-refractivity contribution >= 4 is 34.4 Å². The Morgan fingerprint density at radius 2 is 1.56 bits per heavy atom. The fourth-order valence-corrected chi connectivity index (χ4v) is 4.98. The van der Waals surface area contributed by atoms with Gasteiger partial charge in [-0.05, 0) is 78.9 Å². The standard InChI is InChI=1S/C36H38N4O5/c1-5-24-10-14-27(15-11-24)32(33(42)38-29-17-16-26-8-6-7-9-28(26)23-29)40(21-20-37)34(43)31(39-35(44)45-36(2,3)4)22-25-12-18-30(41)19-13-25/h6-19,23,31-32,41H,5,21-22H2,1-4H3,(H,38,42)(H,39,44). The Morgan fingerprint density at radius 1 is 0.911 bits per heavy atom. The Labute approximate surface area is 263 Å². The molecule has 3 amide bonds. The number of rotatable bonds is 10. The number of aromatic hydroxyl groups is 1. The van der Waals surface area contributed by atoms with E-state index in [-0.39, 0.29) is 12.2 Å². The van der Waals surface area contributed by atoms with E-state index in [1.165, 1.54) is 17.0 Å². The van der Waals surface area contributed by atoms with Gasteiger partial charge in [0.1, 0.15) is 30.0 Å². The van der Waals surface area contributed by atoms with Gasteiger partial charge < -0.3 is 25.4 Å². The zero-order valence-electron chi connectivity index (χ0n) is 25.9. The second kappa shape index (κ2) is 14.4. The molecule has 2 atom stereocenters. The number of benzene rings is 4. The number of anilines is 1. The quantitative estimate of drug-likeness (QED) is 0.182. The zero-order valence-corrected chi connectivity index (χ0v) is 25.9. The third kappa shape index (κ3) is 8.83. The van der Waals surface area contributed by atoms with Crippen LogP contribution >= 0.6 is 0 Å². The van der Waals surface area contributed by atoms with Crippen molar-refractivity contribution in [3.05, 3.63) is 108 Å². The molecule has 0 bridgehead atoms. The average Bonchev–Trinajstić information content (AvgIpc) is 3.00. The molecule has 0 aliphatic heterocycles. The lowest BCUT2D eigenvalue weighted by Gasteiger charge is -2.33. The highest BCUT2D eigenvalue weighted by Gasteiger charge is 2.36. The number of aryl methyl sites for hydroxylation is 1. The number of hydrogen-bond acceptors (Lipinski definition) is 6. The lowest BCUT2D eigenvalue weighted by molar-refractivity contribution is -0.140. The molecule has 0 radical (unpaired) electrons. The predicted octanol–water partition coefficient (Wildman–Crippen LogP) is 6.28. The molecule has 0 saturated heterocycles. The molecule has 0 saturated carbocycles. The second-order valence-corrected chi connectivity index (χ2v) is 11.7. The Bertz CT molecular complexity index is 1690. The highest BCUT2D eigenvalue weighted by molar-refractivity contribution is 6.00. The van der Waals surface area contributed by atoms with Crippen molar-refractivity contribution < 1.29 is 24.2 Å². The summed E-state index contributed by atoms with van der Waals surface area (Å²) in [5.74, 6) is -1.11. The summed E-state index contributed by atoms with van der Waals surface area (Å²) in [5, 5.41) is 27.2. The van der Waals surface area contributed by atoms with E-state index in [1.807, 2.05) is 61.5 Å². The highest BCUT2D eigenvalue weighted by atomic mass is 16.6. The molecule has 2 unspecified atom stereocenters. The minimum absolute atomic E-state index is 0.0219. The lowest BCUT2D eigenvalue weighted by Crippen LogP contribution is -2.53. The first-order valence-corrected chi connectivity index (χ1v) is 14.8. The summed E-state index contributed by atoms with van der Waals surface area (Å²) in [7, 11) is 0. The van der Waals surface area contributed by atoms with Crippen LogP contribution < -0.4 is 10.6 Å². The molecular formula is C36H38N4O5. The van der Waals surface area contributed by atoms with Gasteiger partial charge in [-0.3, -0.25) is 9.59 Å². The van der Waals surface area contributed by atoms with Gasteiger partial charge in [0.05, 0.1) is 6.07 Å². The van der Waals surface area contributed by atoms with Crippen LogP contribution in [0.3, 0.4) is 0 Å². The van der Waals surface area contributed by atoms with E-state index < -0.39 is 42.1 Å². The van der Waals surface area contributed by atoms with E-state index in [0.717, 1.165) is 22.8 Å². The van der Waals surface area contributed by atoms with Crippen molar-refractivity contribution in [3.8, 4) is 11.8 Å². The van der Waals surface area contributed by atoms with E-state index in [4.69, 9.17) is 4.74 Å². The van der Waals surface area contributed by atoms with Crippen molar-refractivity contribution in [1.82, 2.24) is 10.2 Å². The van der Waals surface area contributed by atoms with Crippen LogP contribution in [0.1, 0.15) is 50.4 Å². The molecule has 45 heavy (non-hydrogen) atoms. The maximum absolute atomic E-state index is 14.4. The first-order valence-electron chi connectivity index (χ1n) is 14.8. The molecule has 0 aliphatic rings. The summed E-state index contributed by atoms with van der Waals surface area (Å²) in [6, 6.07) is 26.5. The Balaban J connectivity index is 1.73. The Morgan fingerprint density at radius 3 is 2.18 bits per heavy atom. The van der Waals surface area contributed by atoms with Crippen LogP contribution in [0.5, 0.6) is 5.75 Å². The Hall–Kier alpha value is -5.36. The van der Waals surface area contributed by atoms with Gasteiger partial charge in [0.25, 0.3) is 5.91 Å². The van der Waals surface area contributed by atoms with E-state index >= 15 is 0 Å². The summed E-state index contributed by atoms with van der Waals surface area (Å²) in [4.78, 5) is 42.5. The normalized spacial score (nSPS) is 12.4. The summed E-state index contributed by atoms with van der Waals surface area (Å²) < 4.78 is 5.44. The van der Waals surface area contributed by atoms with Crippen LogP contribution in [-0.4, -0.2) is 46.1 Å². The van der Waals surface area contributed by atoms with E-state index in [0.29, 0.717) is 16.8 Å². The first kappa shape index (κ1) is 32.6. The van der Waals surface area contributed by atoms with Crippen molar-refractivity contribution in [2.24, 2.45) is 0 Å². The number of phenols is 1. The SMILES string of the molecule is CCc1ccc(C(C(=O)Nc2ccc3ccccc3c2)N(CC#N)C(=O)C(Cc2ccc(O)cc2)NC(=O)OC(C)(C)C)cc1. The third-order valence-electron chi connectivity index (χ3n) is 7.17. The fourth-order valence-electron chi connectivity index (χ4n) is 4.98. The summed E-state index contributed by atoms with van der Waals surface area (Å²) in [6.07, 6.45) is -0.0153. The molecule has 232 valence electrons. The first-order chi connectivity index (χ1) is 21.5. The summed E-state index contributed by atoms with van der Waals surface area (Å²) in [5.41, 5.74) is 1.90. The van der Waals surface area contributed by atoms with Crippen molar-refractivity contribution in [2.75, 3.05) is 11.9 Å². The van der Waals surface area contributed by atoms with Gasteiger partial charge in [0, 0.05) is 12.1 Å². The summed E-state index contributed by atoms with van der Waals surface area (Å²) in [6.45, 7) is 6.71. The van der Waals surface area contributed by atoms with Crippen LogP contribution in [0.25, 0.3) is 10.8 Å². The van der Waals surface area contributed by atoms with Gasteiger partial charge in [-0.15, -0.1) is 0 Å². The van der Waals surface area contributed by atoms with Crippen LogP contribution in [0.15, 0.2) is 91.0 Å². The molecule has 4 aromatic carbocycles. The topological polar surface area (TPSA) is 132 Å². The number of nitrogens with zero attached hydrogens (tertiary/aromatic N) is 2. The molecule has 9 heteroatoms. The van der Waals surface area contributed by atoms with Crippen molar-refractivity contribution in [2.45, 2.75) is 58.2 Å². The van der Waals surface area contributed by atoms with Crippen LogP contribution in [0, 0.1) is 11.3 Å². The number of hydrogen-bond donors (Lipinski definition) is 3. The zero-order chi connectivity index (χ0) is 32.6. The third-order valence-corrected chi connectivity index (χ3v) is 7.17. The Kier molecular flexibility index (Phi) is 10.4. The number of amides is 3. The molecule has 9 nitrogen and oxygen atoms in total. The van der Waals surface area contributed by atoms with Gasteiger partial charge in [0.15, 0.2) is 0 Å². The molecule has 4 aromatic rings. The molecule has 0 aromatic heterocycles. The van der Waals surface area contributed by atoms with E-state index in [2.05, 4.69) is 10.6 Å².